The quantitative estimate of drug-likeness (QED) is 0.702. The Balaban J connectivity index is 1.31. The molecule has 8 nitrogen and oxygen atoms in total. The van der Waals surface area contributed by atoms with E-state index in [1.165, 1.54) is 29.5 Å². The number of anilines is 2. The molecule has 3 heterocycles. The van der Waals surface area contributed by atoms with E-state index in [0.717, 1.165) is 12.1 Å². The van der Waals surface area contributed by atoms with Crippen LogP contribution in [0.15, 0.2) is 49.1 Å². The molecule has 0 aliphatic carbocycles. The summed E-state index contributed by atoms with van der Waals surface area (Å²) in [4.78, 5) is 18.4. The third-order valence-corrected chi connectivity index (χ3v) is 4.96. The van der Waals surface area contributed by atoms with Crippen LogP contribution >= 0.6 is 0 Å². The van der Waals surface area contributed by atoms with E-state index in [4.69, 9.17) is 0 Å². The topological polar surface area (TPSA) is 88.8 Å². The van der Waals surface area contributed by atoms with E-state index in [9.17, 15) is 18.0 Å². The van der Waals surface area contributed by atoms with Gasteiger partial charge in [-0.25, -0.2) is 9.67 Å². The van der Waals surface area contributed by atoms with E-state index in [0.29, 0.717) is 43.3 Å². The smallest absolute Gasteiger partial charge is 0.355 e. The van der Waals surface area contributed by atoms with Crippen molar-refractivity contribution in [3.63, 3.8) is 0 Å². The number of nitrogens with zero attached hydrogens (tertiary/aromatic N) is 6. The fourth-order valence-corrected chi connectivity index (χ4v) is 3.29. The normalized spacial score (nSPS) is 15.2. The van der Waals surface area contributed by atoms with Gasteiger partial charge in [-0.3, -0.25) is 4.79 Å². The van der Waals surface area contributed by atoms with E-state index in [-0.39, 0.29) is 11.8 Å². The van der Waals surface area contributed by atoms with Gasteiger partial charge in [0.15, 0.2) is 11.6 Å². The molecule has 0 unspecified atom stereocenters. The fraction of sp³-hybridized carbons (Fsp3) is 0.316. The number of carbonyl (C=O) groups excluding carboxylic acids is 1. The van der Waals surface area contributed by atoms with Crippen LogP contribution in [0.25, 0.3) is 5.82 Å². The highest BCUT2D eigenvalue weighted by Crippen LogP contribution is 2.30. The fourth-order valence-electron chi connectivity index (χ4n) is 3.29. The predicted molar refractivity (Wildman–Crippen MR) is 102 cm³/mol. The summed E-state index contributed by atoms with van der Waals surface area (Å²) in [5, 5.41) is 15.1. The summed E-state index contributed by atoms with van der Waals surface area (Å²) >= 11 is 0. The summed E-state index contributed by atoms with van der Waals surface area (Å²) in [5.74, 6) is 0.857. The number of halogens is 3. The SMILES string of the molecule is O=C(Nc1ccc(C(F)(F)F)cc1)C1CCN(c2ccc(-n3cncn3)nn2)CC1. The van der Waals surface area contributed by atoms with Gasteiger partial charge >= 0.3 is 6.18 Å². The van der Waals surface area contributed by atoms with Crippen molar-refractivity contribution in [1.82, 2.24) is 25.0 Å². The van der Waals surface area contributed by atoms with E-state index in [2.05, 4.69) is 25.6 Å². The molecule has 11 heteroatoms. The largest absolute Gasteiger partial charge is 0.416 e. The van der Waals surface area contributed by atoms with Crippen LogP contribution in [0.2, 0.25) is 0 Å². The van der Waals surface area contributed by atoms with Gasteiger partial charge in [0.2, 0.25) is 5.91 Å². The maximum absolute atomic E-state index is 12.6. The van der Waals surface area contributed by atoms with Crippen LogP contribution in [0.1, 0.15) is 18.4 Å². The van der Waals surface area contributed by atoms with Crippen molar-refractivity contribution in [1.29, 1.82) is 0 Å². The van der Waals surface area contributed by atoms with E-state index in [1.807, 2.05) is 11.0 Å². The Labute approximate surface area is 169 Å². The lowest BCUT2D eigenvalue weighted by atomic mass is 9.95. The lowest BCUT2D eigenvalue weighted by Gasteiger charge is -2.31. The molecule has 3 aromatic rings. The third-order valence-electron chi connectivity index (χ3n) is 4.96. The van der Waals surface area contributed by atoms with Crippen molar-refractivity contribution in [3.8, 4) is 5.82 Å². The zero-order valence-corrected chi connectivity index (χ0v) is 15.8. The Morgan fingerprint density at radius 3 is 2.23 bits per heavy atom. The zero-order valence-electron chi connectivity index (χ0n) is 15.8. The lowest BCUT2D eigenvalue weighted by molar-refractivity contribution is -0.137. The molecule has 156 valence electrons. The Morgan fingerprint density at radius 1 is 1.00 bits per heavy atom. The van der Waals surface area contributed by atoms with Crippen LogP contribution in [0.3, 0.4) is 0 Å². The van der Waals surface area contributed by atoms with Crippen molar-refractivity contribution in [2.75, 3.05) is 23.3 Å². The minimum Gasteiger partial charge on any atom is -0.355 e. The number of piperidine rings is 1. The van der Waals surface area contributed by atoms with Crippen molar-refractivity contribution in [2.45, 2.75) is 19.0 Å². The molecule has 1 fully saturated rings. The average molecular weight is 417 g/mol. The molecular formula is C19H18F3N7O. The van der Waals surface area contributed by atoms with Gasteiger partial charge in [-0.05, 0) is 49.2 Å². The first-order chi connectivity index (χ1) is 14.4. The van der Waals surface area contributed by atoms with Crippen LogP contribution < -0.4 is 10.2 Å². The number of alkyl halides is 3. The van der Waals surface area contributed by atoms with Crippen LogP contribution in [-0.2, 0) is 11.0 Å². The molecule has 1 amide bonds. The Kier molecular flexibility index (Phi) is 5.34. The first kappa shape index (κ1) is 19.8. The highest BCUT2D eigenvalue weighted by atomic mass is 19.4. The van der Waals surface area contributed by atoms with Crippen molar-refractivity contribution in [3.05, 3.63) is 54.6 Å². The van der Waals surface area contributed by atoms with Gasteiger partial charge in [0.05, 0.1) is 5.56 Å². The van der Waals surface area contributed by atoms with Crippen molar-refractivity contribution >= 4 is 17.4 Å². The summed E-state index contributed by atoms with van der Waals surface area (Å²) in [6.07, 6.45) is -0.232. The molecule has 2 aromatic heterocycles. The van der Waals surface area contributed by atoms with Gasteiger partial charge in [0.1, 0.15) is 12.7 Å². The third kappa shape index (κ3) is 4.39. The summed E-state index contributed by atoms with van der Waals surface area (Å²) in [6.45, 7) is 1.25. The highest BCUT2D eigenvalue weighted by molar-refractivity contribution is 5.92. The van der Waals surface area contributed by atoms with Crippen molar-refractivity contribution < 1.29 is 18.0 Å². The summed E-state index contributed by atoms with van der Waals surface area (Å²) in [6, 6.07) is 8.08. The molecule has 1 saturated heterocycles. The van der Waals surface area contributed by atoms with E-state index >= 15 is 0 Å². The number of hydrogen-bond donors (Lipinski definition) is 1. The van der Waals surface area contributed by atoms with Crippen molar-refractivity contribution in [2.24, 2.45) is 5.92 Å². The zero-order chi connectivity index (χ0) is 21.1. The number of carbonyl (C=O) groups is 1. The number of aromatic nitrogens is 5. The van der Waals surface area contributed by atoms with Gasteiger partial charge in [-0.1, -0.05) is 0 Å². The van der Waals surface area contributed by atoms with Crippen LogP contribution in [0, 0.1) is 5.92 Å². The second-order valence-electron chi connectivity index (χ2n) is 6.92. The van der Waals surface area contributed by atoms with Crippen LogP contribution in [0.4, 0.5) is 24.7 Å². The molecule has 1 aromatic carbocycles. The molecular weight excluding hydrogens is 399 g/mol. The minimum atomic E-state index is -4.40. The molecule has 0 saturated carbocycles. The molecule has 1 aliphatic rings. The second-order valence-corrected chi connectivity index (χ2v) is 6.92. The van der Waals surface area contributed by atoms with E-state index in [1.54, 1.807) is 6.07 Å². The first-order valence-electron chi connectivity index (χ1n) is 9.32. The molecule has 0 radical (unpaired) electrons. The molecule has 0 bridgehead atoms. The number of amides is 1. The molecule has 0 atom stereocenters. The van der Waals surface area contributed by atoms with Crippen LogP contribution in [0.5, 0.6) is 0 Å². The maximum Gasteiger partial charge on any atom is 0.416 e. The number of hydrogen-bond acceptors (Lipinski definition) is 6. The van der Waals surface area contributed by atoms with Gasteiger partial charge in [0.25, 0.3) is 0 Å². The lowest BCUT2D eigenvalue weighted by Crippen LogP contribution is -2.38. The maximum atomic E-state index is 12.6. The first-order valence-corrected chi connectivity index (χ1v) is 9.32. The van der Waals surface area contributed by atoms with Gasteiger partial charge < -0.3 is 10.2 Å². The summed E-state index contributed by atoms with van der Waals surface area (Å²) in [5.41, 5.74) is -0.394. The predicted octanol–water partition coefficient (Wildman–Crippen LogP) is 2.93. The van der Waals surface area contributed by atoms with Gasteiger partial charge in [0, 0.05) is 24.7 Å². The monoisotopic (exact) mass is 417 g/mol. The average Bonchev–Trinajstić information content (AvgIpc) is 3.29. The summed E-state index contributed by atoms with van der Waals surface area (Å²) < 4.78 is 39.4. The number of benzene rings is 1. The molecule has 1 N–H and O–H groups in total. The number of rotatable bonds is 4. The van der Waals surface area contributed by atoms with Gasteiger partial charge in [-0.2, -0.15) is 18.3 Å². The molecule has 30 heavy (non-hydrogen) atoms. The van der Waals surface area contributed by atoms with Gasteiger partial charge in [-0.15, -0.1) is 10.2 Å². The minimum absolute atomic E-state index is 0.193. The Hall–Kier alpha value is -3.50. The van der Waals surface area contributed by atoms with E-state index < -0.39 is 11.7 Å². The number of nitrogens with one attached hydrogen (secondary N) is 1. The standard InChI is InChI=1S/C19H18F3N7O/c20-19(21,22)14-1-3-15(4-2-14)25-18(30)13-7-9-28(10-8-13)16-5-6-17(27-26-16)29-12-23-11-24-29/h1-6,11-13H,7-10H2,(H,25,30). The Bertz CT molecular complexity index is 980. The molecule has 0 spiro atoms. The second kappa shape index (κ2) is 8.09. The Morgan fingerprint density at radius 2 is 1.67 bits per heavy atom. The molecule has 1 aliphatic heterocycles. The van der Waals surface area contributed by atoms with Crippen LogP contribution in [-0.4, -0.2) is 44.0 Å². The molecule has 4 rings (SSSR count). The summed E-state index contributed by atoms with van der Waals surface area (Å²) in [7, 11) is 0. The highest BCUT2D eigenvalue weighted by Gasteiger charge is 2.30.